The van der Waals surface area contributed by atoms with Gasteiger partial charge >= 0.3 is 0 Å². The first-order chi connectivity index (χ1) is 11.0. The fourth-order valence-electron chi connectivity index (χ4n) is 2.18. The number of hydrogen-bond acceptors (Lipinski definition) is 5. The number of aryl methyl sites for hydroxylation is 1. The van der Waals surface area contributed by atoms with Crippen molar-refractivity contribution in [3.8, 4) is 17.2 Å². The molecule has 0 bridgehead atoms. The lowest BCUT2D eigenvalue weighted by Gasteiger charge is -2.17. The van der Waals surface area contributed by atoms with E-state index in [-0.39, 0.29) is 6.61 Å². The topological polar surface area (TPSA) is 73.9 Å². The van der Waals surface area contributed by atoms with Crippen molar-refractivity contribution in [3.05, 3.63) is 45.9 Å². The second-order valence-corrected chi connectivity index (χ2v) is 5.95. The largest absolute Gasteiger partial charge is 0.493 e. The molecule has 0 aliphatic heterocycles. The Kier molecular flexibility index (Phi) is 5.74. The third kappa shape index (κ3) is 4.09. The zero-order valence-corrected chi connectivity index (χ0v) is 14.9. The van der Waals surface area contributed by atoms with Crippen molar-refractivity contribution in [2.24, 2.45) is 0 Å². The normalized spacial score (nSPS) is 11.9. The number of halogens is 1. The lowest BCUT2D eigenvalue weighted by molar-refractivity contribution is 0.108. The van der Waals surface area contributed by atoms with E-state index < -0.39 is 6.10 Å². The van der Waals surface area contributed by atoms with E-state index in [1.807, 2.05) is 19.1 Å². The van der Waals surface area contributed by atoms with E-state index in [1.165, 1.54) is 0 Å². The molecule has 0 radical (unpaired) electrons. The minimum atomic E-state index is -0.843. The molecule has 1 unspecified atom stereocenters. The zero-order chi connectivity index (χ0) is 17.0. The number of nitrogen functional groups attached to an aromatic ring is 1. The van der Waals surface area contributed by atoms with Crippen molar-refractivity contribution in [1.82, 2.24) is 0 Å². The second kappa shape index (κ2) is 7.57. The average molecular weight is 382 g/mol. The molecule has 0 aromatic heterocycles. The SMILES string of the molecule is COc1cc(Br)c(C(O)COc2ccc(C)cc2N)cc1OC. The summed E-state index contributed by atoms with van der Waals surface area (Å²) in [6.45, 7) is 2.02. The predicted octanol–water partition coefficient (Wildman–Crippen LogP) is 3.47. The standard InChI is InChI=1S/C17H20BrNO4/c1-10-4-5-15(13(19)6-10)23-9-14(20)11-7-16(21-2)17(22-3)8-12(11)18/h4-8,14,20H,9,19H2,1-3H3. The molecule has 3 N–H and O–H groups in total. The summed E-state index contributed by atoms with van der Waals surface area (Å²) in [7, 11) is 3.11. The van der Waals surface area contributed by atoms with E-state index in [2.05, 4.69) is 15.9 Å². The molecule has 6 heteroatoms. The lowest BCUT2D eigenvalue weighted by atomic mass is 10.1. The van der Waals surface area contributed by atoms with Crippen LogP contribution >= 0.6 is 15.9 Å². The van der Waals surface area contributed by atoms with Crippen molar-refractivity contribution in [3.63, 3.8) is 0 Å². The van der Waals surface area contributed by atoms with Crippen molar-refractivity contribution >= 4 is 21.6 Å². The van der Waals surface area contributed by atoms with E-state index in [4.69, 9.17) is 19.9 Å². The van der Waals surface area contributed by atoms with Crippen LogP contribution in [0, 0.1) is 6.92 Å². The van der Waals surface area contributed by atoms with Gasteiger partial charge in [-0.1, -0.05) is 22.0 Å². The molecule has 2 aromatic rings. The predicted molar refractivity (Wildman–Crippen MR) is 93.3 cm³/mol. The van der Waals surface area contributed by atoms with Crippen LogP contribution in [-0.2, 0) is 0 Å². The van der Waals surface area contributed by atoms with Gasteiger partial charge in [0.2, 0.25) is 0 Å². The van der Waals surface area contributed by atoms with E-state index in [1.54, 1.807) is 32.4 Å². The van der Waals surface area contributed by atoms with Crippen molar-refractivity contribution in [1.29, 1.82) is 0 Å². The molecular formula is C17H20BrNO4. The van der Waals surface area contributed by atoms with Gasteiger partial charge in [-0.15, -0.1) is 0 Å². The van der Waals surface area contributed by atoms with Gasteiger partial charge in [0.05, 0.1) is 19.9 Å². The number of nitrogens with two attached hydrogens (primary N) is 1. The van der Waals surface area contributed by atoms with E-state index in [0.717, 1.165) is 5.56 Å². The summed E-state index contributed by atoms with van der Waals surface area (Å²) in [5.74, 6) is 1.67. The molecule has 1 atom stereocenters. The van der Waals surface area contributed by atoms with Gasteiger partial charge in [-0.25, -0.2) is 0 Å². The van der Waals surface area contributed by atoms with Crippen LogP contribution in [0.4, 0.5) is 5.69 Å². The summed E-state index contributed by atoms with van der Waals surface area (Å²) in [4.78, 5) is 0. The molecule has 2 rings (SSSR count). The zero-order valence-electron chi connectivity index (χ0n) is 13.3. The summed E-state index contributed by atoms with van der Waals surface area (Å²) in [6.07, 6.45) is -0.843. The van der Waals surface area contributed by atoms with Crippen LogP contribution < -0.4 is 19.9 Å². The molecule has 23 heavy (non-hydrogen) atoms. The minimum absolute atomic E-state index is 0.0708. The van der Waals surface area contributed by atoms with Gasteiger partial charge in [0.1, 0.15) is 18.5 Å². The summed E-state index contributed by atoms with van der Waals surface area (Å²) < 4.78 is 16.8. The van der Waals surface area contributed by atoms with Gasteiger partial charge in [-0.2, -0.15) is 0 Å². The third-order valence-corrected chi connectivity index (χ3v) is 4.11. The van der Waals surface area contributed by atoms with Crippen molar-refractivity contribution < 1.29 is 19.3 Å². The number of methoxy groups -OCH3 is 2. The van der Waals surface area contributed by atoms with Gasteiger partial charge < -0.3 is 25.1 Å². The van der Waals surface area contributed by atoms with Crippen LogP contribution in [0.2, 0.25) is 0 Å². The monoisotopic (exact) mass is 381 g/mol. The smallest absolute Gasteiger partial charge is 0.161 e. The highest BCUT2D eigenvalue weighted by molar-refractivity contribution is 9.10. The fraction of sp³-hybridized carbons (Fsp3) is 0.294. The van der Waals surface area contributed by atoms with Crippen molar-refractivity contribution in [2.45, 2.75) is 13.0 Å². The number of anilines is 1. The van der Waals surface area contributed by atoms with E-state index in [9.17, 15) is 5.11 Å². The Bertz CT molecular complexity index is 691. The highest BCUT2D eigenvalue weighted by Gasteiger charge is 2.17. The molecule has 5 nitrogen and oxygen atoms in total. The summed E-state index contributed by atoms with van der Waals surface area (Å²) in [5.41, 5.74) is 8.15. The first-order valence-electron chi connectivity index (χ1n) is 7.04. The molecule has 0 aliphatic carbocycles. The number of rotatable bonds is 6. The minimum Gasteiger partial charge on any atom is -0.493 e. The van der Waals surface area contributed by atoms with Gasteiger partial charge in [0, 0.05) is 10.0 Å². The fourth-order valence-corrected chi connectivity index (χ4v) is 2.77. The molecule has 0 fully saturated rings. The first-order valence-corrected chi connectivity index (χ1v) is 7.84. The van der Waals surface area contributed by atoms with Gasteiger partial charge in [0.15, 0.2) is 11.5 Å². The van der Waals surface area contributed by atoms with E-state index >= 15 is 0 Å². The molecule has 0 saturated heterocycles. The maximum Gasteiger partial charge on any atom is 0.161 e. The number of benzene rings is 2. The Morgan fingerprint density at radius 1 is 1.09 bits per heavy atom. The Morgan fingerprint density at radius 3 is 2.35 bits per heavy atom. The lowest BCUT2D eigenvalue weighted by Crippen LogP contribution is -2.11. The van der Waals surface area contributed by atoms with Crippen LogP contribution in [-0.4, -0.2) is 25.9 Å². The summed E-state index contributed by atoms with van der Waals surface area (Å²) >= 11 is 3.43. The number of hydrogen-bond donors (Lipinski definition) is 2. The highest BCUT2D eigenvalue weighted by atomic mass is 79.9. The highest BCUT2D eigenvalue weighted by Crippen LogP contribution is 2.36. The molecule has 0 saturated carbocycles. The maximum absolute atomic E-state index is 10.4. The number of aliphatic hydroxyl groups excluding tert-OH is 1. The molecule has 0 spiro atoms. The Hall–Kier alpha value is -1.92. The Morgan fingerprint density at radius 2 is 1.74 bits per heavy atom. The van der Waals surface area contributed by atoms with Gasteiger partial charge in [-0.3, -0.25) is 0 Å². The Balaban J connectivity index is 2.15. The van der Waals surface area contributed by atoms with Crippen molar-refractivity contribution in [2.75, 3.05) is 26.6 Å². The average Bonchev–Trinajstić information content (AvgIpc) is 2.53. The van der Waals surface area contributed by atoms with E-state index in [0.29, 0.717) is 33.0 Å². The van der Waals surface area contributed by atoms with Crippen LogP contribution in [0.15, 0.2) is 34.8 Å². The van der Waals surface area contributed by atoms with Crippen LogP contribution in [0.5, 0.6) is 17.2 Å². The van der Waals surface area contributed by atoms with Gasteiger partial charge in [-0.05, 0) is 36.8 Å². The number of aliphatic hydroxyl groups is 1. The molecule has 0 aliphatic rings. The Labute approximate surface area is 144 Å². The first kappa shape index (κ1) is 17.4. The molecular weight excluding hydrogens is 362 g/mol. The molecule has 2 aromatic carbocycles. The summed E-state index contributed by atoms with van der Waals surface area (Å²) in [6, 6.07) is 8.99. The molecule has 124 valence electrons. The van der Waals surface area contributed by atoms with Gasteiger partial charge in [0.25, 0.3) is 0 Å². The quantitative estimate of drug-likeness (QED) is 0.749. The number of ether oxygens (including phenoxy) is 3. The maximum atomic E-state index is 10.4. The second-order valence-electron chi connectivity index (χ2n) is 5.10. The molecule has 0 amide bonds. The molecule has 0 heterocycles. The van der Waals surface area contributed by atoms with Crippen LogP contribution in [0.3, 0.4) is 0 Å². The van der Waals surface area contributed by atoms with Crippen LogP contribution in [0.1, 0.15) is 17.2 Å². The van der Waals surface area contributed by atoms with Crippen LogP contribution in [0.25, 0.3) is 0 Å². The summed E-state index contributed by atoms with van der Waals surface area (Å²) in [5, 5.41) is 10.4. The third-order valence-electron chi connectivity index (χ3n) is 3.42.